The van der Waals surface area contributed by atoms with Crippen LogP contribution in [-0.2, 0) is 37.7 Å². The Morgan fingerprint density at radius 3 is 2.36 bits per heavy atom. The van der Waals surface area contributed by atoms with Crippen LogP contribution < -0.4 is 10.2 Å². The maximum Gasteiger partial charge on any atom is 0.260 e. The number of hydrazine groups is 1. The topological polar surface area (TPSA) is 116 Å². The second-order valence-corrected chi connectivity index (χ2v) is 16.2. The summed E-state index contributed by atoms with van der Waals surface area (Å²) in [6, 6.07) is 30.4. The third kappa shape index (κ3) is 5.79. The molecule has 2 N–H and O–H groups in total. The number of amides is 4. The van der Waals surface area contributed by atoms with Crippen molar-refractivity contribution < 1.29 is 33.4 Å². The quantitative estimate of drug-likeness (QED) is 0.115. The van der Waals surface area contributed by atoms with Crippen LogP contribution in [0.4, 0.5) is 10.1 Å². The van der Waals surface area contributed by atoms with Crippen molar-refractivity contribution in [2.24, 2.45) is 23.7 Å². The van der Waals surface area contributed by atoms with Gasteiger partial charge in [0, 0.05) is 27.4 Å². The lowest BCUT2D eigenvalue weighted by atomic mass is 9.49. The monoisotopic (exact) mass is 787 g/mol. The largest absolute Gasteiger partial charge is 0.508 e. The molecule has 1 saturated carbocycles. The van der Waals surface area contributed by atoms with Crippen LogP contribution in [0.15, 0.2) is 126 Å². The maximum absolute atomic E-state index is 15.4. The number of aromatic hydroxyl groups is 1. The van der Waals surface area contributed by atoms with Crippen molar-refractivity contribution in [2.45, 2.75) is 37.3 Å². The number of ether oxygens (including phenoxy) is 1. The Hall–Kier alpha value is -5.78. The number of rotatable bonds is 9. The van der Waals surface area contributed by atoms with E-state index in [1.807, 2.05) is 53.9 Å². The molecule has 2 aliphatic carbocycles. The zero-order valence-corrected chi connectivity index (χ0v) is 31.4. The molecule has 3 fully saturated rings. The van der Waals surface area contributed by atoms with Gasteiger partial charge in [0.1, 0.15) is 23.9 Å². The zero-order chi connectivity index (χ0) is 38.7. The van der Waals surface area contributed by atoms with Gasteiger partial charge in [-0.1, -0.05) is 77.8 Å². The third-order valence-electron chi connectivity index (χ3n) is 11.8. The number of carbonyl (C=O) groups excluding carboxylic acids is 4. The normalized spacial score (nSPS) is 25.5. The first kappa shape index (κ1) is 35.9. The molecule has 9 rings (SSSR count). The zero-order valence-electron chi connectivity index (χ0n) is 29.8. The van der Waals surface area contributed by atoms with E-state index in [-0.39, 0.29) is 43.6 Å². The number of carbonyl (C=O) groups is 4. The standard InChI is InChI=1S/C44H35ClFN3O6S/c45-27-10-8-26(9-11-27)44-36(41(52)49(43(44)54)47-29-14-12-28(46)13-15-29)22-35-32(18-19-34-38(35)42(53)48(40(34)51)23-31-7-4-20-56-31)39(44)33-17-16-30(21-37(33)50)55-24-25-5-2-1-3-6-25/h1-18,20-21,34-36,38-39,47,50H,19,22-24H2/t34-,35+,36-,38-,39+,44+/m0/s1. The fourth-order valence-corrected chi connectivity index (χ4v) is 10.2. The Bertz CT molecular complexity index is 2390. The highest BCUT2D eigenvalue weighted by atomic mass is 35.5. The number of phenols is 1. The van der Waals surface area contributed by atoms with Crippen molar-refractivity contribution >= 4 is 52.3 Å². The lowest BCUT2D eigenvalue weighted by molar-refractivity contribution is -0.141. The van der Waals surface area contributed by atoms with Gasteiger partial charge < -0.3 is 9.84 Å². The lowest BCUT2D eigenvalue weighted by Gasteiger charge is -2.50. The van der Waals surface area contributed by atoms with Crippen LogP contribution in [0.5, 0.6) is 11.5 Å². The van der Waals surface area contributed by atoms with Crippen LogP contribution in [0.25, 0.3) is 0 Å². The molecule has 282 valence electrons. The summed E-state index contributed by atoms with van der Waals surface area (Å²) in [5.74, 6) is -5.96. The first-order valence-electron chi connectivity index (χ1n) is 18.4. The lowest BCUT2D eigenvalue weighted by Crippen LogP contribution is -2.53. The highest BCUT2D eigenvalue weighted by Gasteiger charge is 2.70. The van der Waals surface area contributed by atoms with Crippen molar-refractivity contribution in [3.8, 4) is 11.5 Å². The summed E-state index contributed by atoms with van der Waals surface area (Å²) in [7, 11) is 0. The van der Waals surface area contributed by atoms with Crippen LogP contribution in [0.1, 0.15) is 40.3 Å². The molecule has 2 saturated heterocycles. The van der Waals surface area contributed by atoms with Crippen molar-refractivity contribution in [3.05, 3.63) is 159 Å². The maximum atomic E-state index is 15.4. The molecule has 9 nitrogen and oxygen atoms in total. The van der Waals surface area contributed by atoms with Crippen LogP contribution >= 0.6 is 22.9 Å². The summed E-state index contributed by atoms with van der Waals surface area (Å²) < 4.78 is 20.0. The smallest absolute Gasteiger partial charge is 0.260 e. The van der Waals surface area contributed by atoms with Crippen molar-refractivity contribution in [1.82, 2.24) is 9.91 Å². The van der Waals surface area contributed by atoms with Crippen LogP contribution in [0.2, 0.25) is 5.02 Å². The minimum absolute atomic E-state index is 0.0865. The van der Waals surface area contributed by atoms with E-state index in [1.165, 1.54) is 46.6 Å². The molecule has 0 bridgehead atoms. The summed E-state index contributed by atoms with van der Waals surface area (Å²) in [6.45, 7) is 0.412. The molecule has 3 heterocycles. The Morgan fingerprint density at radius 2 is 1.64 bits per heavy atom. The number of thiophene rings is 1. The second-order valence-electron chi connectivity index (χ2n) is 14.7. The summed E-state index contributed by atoms with van der Waals surface area (Å²) in [5.41, 5.74) is 4.13. The van der Waals surface area contributed by atoms with Gasteiger partial charge >= 0.3 is 0 Å². The van der Waals surface area contributed by atoms with Crippen LogP contribution in [0.3, 0.4) is 0 Å². The fraction of sp³-hybridized carbons (Fsp3) is 0.227. The predicted octanol–water partition coefficient (Wildman–Crippen LogP) is 8.01. The number of hydrogen-bond donors (Lipinski definition) is 2. The second kappa shape index (κ2) is 14.1. The van der Waals surface area contributed by atoms with Gasteiger partial charge in [-0.05, 0) is 83.8 Å². The summed E-state index contributed by atoms with van der Waals surface area (Å²) in [4.78, 5) is 60.8. The molecule has 0 unspecified atom stereocenters. The van der Waals surface area contributed by atoms with Crippen molar-refractivity contribution in [1.29, 1.82) is 0 Å². The molecule has 2 aliphatic heterocycles. The molecule has 4 aromatic carbocycles. The summed E-state index contributed by atoms with van der Waals surface area (Å²) >= 11 is 7.86. The van der Waals surface area contributed by atoms with E-state index >= 15 is 4.79 Å². The number of allylic oxidation sites excluding steroid dienone is 2. The first-order chi connectivity index (χ1) is 27.1. The number of halogens is 2. The van der Waals surface area contributed by atoms with Gasteiger partial charge in [-0.15, -0.1) is 11.3 Å². The Kier molecular flexibility index (Phi) is 9.01. The van der Waals surface area contributed by atoms with Crippen LogP contribution in [0, 0.1) is 29.5 Å². The number of nitrogens with one attached hydrogen (secondary N) is 1. The highest BCUT2D eigenvalue weighted by Crippen LogP contribution is 2.65. The van der Waals surface area contributed by atoms with Gasteiger partial charge in [-0.3, -0.25) is 29.5 Å². The molecule has 0 radical (unpaired) electrons. The predicted molar refractivity (Wildman–Crippen MR) is 208 cm³/mol. The van der Waals surface area contributed by atoms with E-state index in [1.54, 1.807) is 36.4 Å². The third-order valence-corrected chi connectivity index (χ3v) is 12.9. The van der Waals surface area contributed by atoms with Gasteiger partial charge in [-0.2, -0.15) is 5.01 Å². The Morgan fingerprint density at radius 1 is 0.875 bits per heavy atom. The van der Waals surface area contributed by atoms with E-state index < -0.39 is 52.6 Å². The van der Waals surface area contributed by atoms with E-state index in [2.05, 4.69) is 5.43 Å². The molecular formula is C44H35ClFN3O6S. The fourth-order valence-electron chi connectivity index (χ4n) is 9.38. The summed E-state index contributed by atoms with van der Waals surface area (Å²) in [6.07, 6.45) is 2.28. The minimum atomic E-state index is -1.63. The number of hydrogen-bond acceptors (Lipinski definition) is 8. The van der Waals surface area contributed by atoms with E-state index in [9.17, 15) is 23.9 Å². The molecule has 1 aromatic heterocycles. The average Bonchev–Trinajstić information content (AvgIpc) is 3.87. The van der Waals surface area contributed by atoms with Crippen molar-refractivity contribution in [3.63, 3.8) is 0 Å². The molecule has 4 aliphatic rings. The van der Waals surface area contributed by atoms with Gasteiger partial charge in [0.15, 0.2) is 0 Å². The average molecular weight is 788 g/mol. The SMILES string of the molecule is O=C1[C@H]2[C@H](CC=C3[C@H]2C[C@H]2C(=O)N(Nc4ccc(F)cc4)C(=O)[C@@]2(c2ccc(Cl)cc2)[C@H]3c2ccc(OCc3ccccc3)cc2O)C(=O)N1Cc1cccs1. The molecular weight excluding hydrogens is 753 g/mol. The van der Waals surface area contributed by atoms with Crippen LogP contribution in [-0.4, -0.2) is 38.6 Å². The number of benzene rings is 4. The number of phenolic OH excluding ortho intramolecular Hbond substituents is 1. The number of imide groups is 2. The van der Waals surface area contributed by atoms with Gasteiger partial charge in [-0.25, -0.2) is 4.39 Å². The molecule has 5 aromatic rings. The first-order valence-corrected chi connectivity index (χ1v) is 19.6. The number of likely N-dealkylation sites (tertiary alicyclic amines) is 1. The van der Waals surface area contributed by atoms with E-state index in [0.29, 0.717) is 33.2 Å². The number of nitrogens with zero attached hydrogens (tertiary/aromatic N) is 2. The Balaban J connectivity index is 1.19. The molecule has 6 atom stereocenters. The van der Waals surface area contributed by atoms with E-state index in [4.69, 9.17) is 16.3 Å². The van der Waals surface area contributed by atoms with Crippen molar-refractivity contribution in [2.75, 3.05) is 5.43 Å². The Labute approximate surface area is 330 Å². The highest BCUT2D eigenvalue weighted by molar-refractivity contribution is 7.09. The summed E-state index contributed by atoms with van der Waals surface area (Å²) in [5, 5.41) is 15.3. The van der Waals surface area contributed by atoms with Gasteiger partial charge in [0.2, 0.25) is 11.8 Å². The van der Waals surface area contributed by atoms with Gasteiger partial charge in [0.25, 0.3) is 11.8 Å². The molecule has 0 spiro atoms. The molecule has 12 heteroatoms. The van der Waals surface area contributed by atoms with E-state index in [0.717, 1.165) is 15.4 Å². The molecule has 56 heavy (non-hydrogen) atoms. The number of anilines is 1. The number of fused-ring (bicyclic) bond motifs is 4. The minimum Gasteiger partial charge on any atom is -0.508 e. The van der Waals surface area contributed by atoms with Gasteiger partial charge in [0.05, 0.1) is 35.4 Å². The molecule has 4 amide bonds.